The molecular formula is C26H25N5O3S. The molecule has 0 saturated heterocycles. The van der Waals surface area contributed by atoms with Crippen LogP contribution in [0.1, 0.15) is 42.5 Å². The SMILES string of the molecule is CCn1cc(/C=c2/sc3n(c2=O)C(c2ccc(C)o2)C(C(=O)Nc2ccccc2C)=C(C)N=3)cn1. The number of nitrogens with zero attached hydrogens (tertiary/aromatic N) is 4. The van der Waals surface area contributed by atoms with Crippen LogP contribution in [0.4, 0.5) is 5.69 Å². The monoisotopic (exact) mass is 487 g/mol. The highest BCUT2D eigenvalue weighted by molar-refractivity contribution is 7.07. The molecular weight excluding hydrogens is 462 g/mol. The first-order chi connectivity index (χ1) is 16.9. The lowest BCUT2D eigenvalue weighted by atomic mass is 10.00. The molecule has 5 rings (SSSR count). The quantitative estimate of drug-likeness (QED) is 0.467. The van der Waals surface area contributed by atoms with E-state index in [1.165, 1.54) is 11.3 Å². The lowest BCUT2D eigenvalue weighted by Gasteiger charge is -2.23. The van der Waals surface area contributed by atoms with Crippen LogP contribution in [0.3, 0.4) is 0 Å². The molecule has 0 bridgehead atoms. The summed E-state index contributed by atoms with van der Waals surface area (Å²) >= 11 is 1.29. The Kier molecular flexibility index (Phi) is 5.86. The van der Waals surface area contributed by atoms with Crippen LogP contribution in [0.2, 0.25) is 0 Å². The van der Waals surface area contributed by atoms with E-state index in [0.29, 0.717) is 37.8 Å². The number of amides is 1. The first kappa shape index (κ1) is 22.8. The number of thiazole rings is 1. The zero-order valence-corrected chi connectivity index (χ0v) is 20.7. The Morgan fingerprint density at radius 2 is 2.00 bits per heavy atom. The van der Waals surface area contributed by atoms with Gasteiger partial charge in [0.1, 0.15) is 17.6 Å². The minimum Gasteiger partial charge on any atom is -0.464 e. The molecule has 1 aliphatic rings. The van der Waals surface area contributed by atoms with Gasteiger partial charge >= 0.3 is 0 Å². The maximum Gasteiger partial charge on any atom is 0.271 e. The molecule has 4 aromatic rings. The average molecular weight is 488 g/mol. The summed E-state index contributed by atoms with van der Waals surface area (Å²) in [4.78, 5) is 32.4. The van der Waals surface area contributed by atoms with E-state index in [0.717, 1.165) is 17.7 Å². The molecule has 8 nitrogen and oxygen atoms in total. The molecule has 9 heteroatoms. The minimum absolute atomic E-state index is 0.231. The van der Waals surface area contributed by atoms with Crippen molar-refractivity contribution in [3.63, 3.8) is 0 Å². The topological polar surface area (TPSA) is 94.4 Å². The lowest BCUT2D eigenvalue weighted by molar-refractivity contribution is -0.113. The van der Waals surface area contributed by atoms with Crippen molar-refractivity contribution in [3.05, 3.63) is 102 Å². The summed E-state index contributed by atoms with van der Waals surface area (Å²) in [6.07, 6.45) is 5.42. The number of anilines is 1. The van der Waals surface area contributed by atoms with Crippen molar-refractivity contribution < 1.29 is 9.21 Å². The summed E-state index contributed by atoms with van der Waals surface area (Å²) in [7, 11) is 0. The van der Waals surface area contributed by atoms with E-state index in [9.17, 15) is 9.59 Å². The van der Waals surface area contributed by atoms with Crippen LogP contribution in [0.5, 0.6) is 0 Å². The second kappa shape index (κ2) is 8.99. The molecule has 1 unspecified atom stereocenters. The summed E-state index contributed by atoms with van der Waals surface area (Å²) < 4.78 is 9.82. The molecule has 3 aromatic heterocycles. The van der Waals surface area contributed by atoms with Gasteiger partial charge in [-0.3, -0.25) is 18.8 Å². The molecule has 1 aliphatic heterocycles. The van der Waals surface area contributed by atoms with Gasteiger partial charge in [0.05, 0.1) is 22.0 Å². The van der Waals surface area contributed by atoms with Gasteiger partial charge in [-0.1, -0.05) is 29.5 Å². The van der Waals surface area contributed by atoms with E-state index in [-0.39, 0.29) is 11.5 Å². The number of carbonyl (C=O) groups is 1. The molecule has 0 fully saturated rings. The van der Waals surface area contributed by atoms with Gasteiger partial charge in [0.15, 0.2) is 4.80 Å². The second-order valence-electron chi connectivity index (χ2n) is 8.43. The number of nitrogens with one attached hydrogen (secondary N) is 1. The molecule has 0 radical (unpaired) electrons. The van der Waals surface area contributed by atoms with Crippen molar-refractivity contribution in [2.24, 2.45) is 4.99 Å². The van der Waals surface area contributed by atoms with Gasteiger partial charge in [0, 0.05) is 24.0 Å². The van der Waals surface area contributed by atoms with Crippen LogP contribution < -0.4 is 20.2 Å². The Balaban J connectivity index is 1.65. The maximum absolute atomic E-state index is 13.6. The first-order valence-electron chi connectivity index (χ1n) is 11.3. The number of aromatic nitrogens is 3. The Labute approximate surface area is 205 Å². The summed E-state index contributed by atoms with van der Waals surface area (Å²) in [6, 6.07) is 10.5. The molecule has 1 aromatic carbocycles. The molecule has 1 N–H and O–H groups in total. The highest BCUT2D eigenvalue weighted by Crippen LogP contribution is 2.32. The largest absolute Gasteiger partial charge is 0.464 e. The van der Waals surface area contributed by atoms with Crippen molar-refractivity contribution in [1.29, 1.82) is 0 Å². The fraction of sp³-hybridized carbons (Fsp3) is 0.231. The predicted molar refractivity (Wildman–Crippen MR) is 135 cm³/mol. The molecule has 0 aliphatic carbocycles. The summed E-state index contributed by atoms with van der Waals surface area (Å²) in [5.41, 5.74) is 3.16. The van der Waals surface area contributed by atoms with E-state index in [1.807, 2.05) is 63.4 Å². The molecule has 1 amide bonds. The van der Waals surface area contributed by atoms with Gasteiger partial charge in [-0.15, -0.1) is 0 Å². The van der Waals surface area contributed by atoms with Gasteiger partial charge in [-0.2, -0.15) is 5.10 Å². The third kappa shape index (κ3) is 4.19. The molecule has 4 heterocycles. The molecule has 35 heavy (non-hydrogen) atoms. The Morgan fingerprint density at radius 3 is 2.69 bits per heavy atom. The van der Waals surface area contributed by atoms with E-state index < -0.39 is 6.04 Å². The smallest absolute Gasteiger partial charge is 0.271 e. The maximum atomic E-state index is 13.6. The summed E-state index contributed by atoms with van der Waals surface area (Å²) in [5.74, 6) is 0.888. The third-order valence-corrected chi connectivity index (χ3v) is 6.95. The molecule has 178 valence electrons. The highest BCUT2D eigenvalue weighted by Gasteiger charge is 2.34. The van der Waals surface area contributed by atoms with Crippen molar-refractivity contribution in [2.45, 2.75) is 40.3 Å². The minimum atomic E-state index is -0.732. The van der Waals surface area contributed by atoms with Crippen molar-refractivity contribution in [2.75, 3.05) is 5.32 Å². The summed E-state index contributed by atoms with van der Waals surface area (Å²) in [6.45, 7) is 8.30. The normalized spacial score (nSPS) is 15.8. The lowest BCUT2D eigenvalue weighted by Crippen LogP contribution is -2.40. The van der Waals surface area contributed by atoms with Gasteiger partial charge in [0.25, 0.3) is 11.5 Å². The molecule has 0 saturated carbocycles. The van der Waals surface area contributed by atoms with Crippen LogP contribution in [0.15, 0.2) is 74.3 Å². The fourth-order valence-electron chi connectivity index (χ4n) is 4.16. The Morgan fingerprint density at radius 1 is 1.20 bits per heavy atom. The predicted octanol–water partition coefficient (Wildman–Crippen LogP) is 3.30. The fourth-order valence-corrected chi connectivity index (χ4v) is 5.21. The molecule has 1 atom stereocenters. The number of rotatable bonds is 5. The zero-order valence-electron chi connectivity index (χ0n) is 19.9. The van der Waals surface area contributed by atoms with Gasteiger partial charge < -0.3 is 9.73 Å². The van der Waals surface area contributed by atoms with Crippen molar-refractivity contribution in [1.82, 2.24) is 14.3 Å². The number of fused-ring (bicyclic) bond motifs is 1. The molecule has 0 spiro atoms. The zero-order chi connectivity index (χ0) is 24.7. The highest BCUT2D eigenvalue weighted by atomic mass is 32.1. The number of hydrogen-bond donors (Lipinski definition) is 1. The second-order valence-corrected chi connectivity index (χ2v) is 9.44. The van der Waals surface area contributed by atoms with Crippen LogP contribution in [0, 0.1) is 13.8 Å². The number of allylic oxidation sites excluding steroid dienone is 1. The van der Waals surface area contributed by atoms with E-state index in [1.54, 1.807) is 28.4 Å². The van der Waals surface area contributed by atoms with E-state index >= 15 is 0 Å². The Hall–Kier alpha value is -3.98. The summed E-state index contributed by atoms with van der Waals surface area (Å²) in [5, 5.41) is 7.28. The van der Waals surface area contributed by atoms with E-state index in [4.69, 9.17) is 4.42 Å². The van der Waals surface area contributed by atoms with Crippen LogP contribution in [-0.4, -0.2) is 20.3 Å². The number of hydrogen-bond acceptors (Lipinski definition) is 6. The van der Waals surface area contributed by atoms with Crippen LogP contribution in [0.25, 0.3) is 6.08 Å². The third-order valence-electron chi connectivity index (χ3n) is 5.97. The van der Waals surface area contributed by atoms with Crippen LogP contribution in [-0.2, 0) is 11.3 Å². The average Bonchev–Trinajstić information content (AvgIpc) is 3.54. The van der Waals surface area contributed by atoms with Crippen LogP contribution >= 0.6 is 11.3 Å². The van der Waals surface area contributed by atoms with Gasteiger partial charge in [-0.05, 0) is 57.5 Å². The van der Waals surface area contributed by atoms with Gasteiger partial charge in [0.2, 0.25) is 0 Å². The van der Waals surface area contributed by atoms with Crippen molar-refractivity contribution >= 4 is 29.0 Å². The standard InChI is InChI=1S/C26H25N5O3S/c1-5-30-14-18(13-27-30)12-21-25(33)31-23(20-11-10-16(3)34-20)22(17(4)28-26(31)35-21)24(32)29-19-9-7-6-8-15(19)2/h6-14,23H,5H2,1-4H3,(H,29,32)/b21-12+. The number of aryl methyl sites for hydroxylation is 3. The number of furan rings is 1. The number of carbonyl (C=O) groups excluding carboxylic acids is 1. The first-order valence-corrected chi connectivity index (χ1v) is 12.2. The van der Waals surface area contributed by atoms with E-state index in [2.05, 4.69) is 15.4 Å². The number of benzene rings is 1. The number of para-hydroxylation sites is 1. The van der Waals surface area contributed by atoms with Gasteiger partial charge in [-0.25, -0.2) is 4.99 Å². The Bertz CT molecular complexity index is 1650. The van der Waals surface area contributed by atoms with Crippen molar-refractivity contribution in [3.8, 4) is 0 Å².